The molecule has 0 aromatic heterocycles. The maximum absolute atomic E-state index is 8.10. The Morgan fingerprint density at radius 2 is 1.50 bits per heavy atom. The number of hydrogen-bond acceptors (Lipinski definition) is 0. The lowest BCUT2D eigenvalue weighted by atomic mass is 9.94. The van der Waals surface area contributed by atoms with Gasteiger partial charge in [-0.05, 0) is 44.8 Å². The van der Waals surface area contributed by atoms with Gasteiger partial charge in [0.25, 0.3) is 0 Å². The molecule has 82 valence electrons. The molecule has 0 unspecified atom stereocenters. The molecule has 0 heterocycles. The normalized spacial score (nSPS) is 13.4. The average Bonchev–Trinajstić information content (AvgIpc) is 2.80. The quantitative estimate of drug-likeness (QED) is 0.487. The van der Waals surface area contributed by atoms with Crippen LogP contribution in [0.5, 0.6) is 0 Å². The molecule has 4 rings (SSSR count). The van der Waals surface area contributed by atoms with E-state index in [4.69, 9.17) is 6.58 Å². The molecule has 0 spiro atoms. The van der Waals surface area contributed by atoms with Gasteiger partial charge in [0, 0.05) is 0 Å². The lowest BCUT2D eigenvalue weighted by Crippen LogP contribution is -1.86. The molecular weight excluding hydrogens is 216 g/mol. The van der Waals surface area contributed by atoms with Crippen molar-refractivity contribution in [3.63, 3.8) is 0 Å². The third-order valence-corrected chi connectivity index (χ3v) is 3.64. The van der Waals surface area contributed by atoms with Crippen LogP contribution in [0.1, 0.15) is 11.1 Å². The molecule has 0 bridgehead atoms. The summed E-state index contributed by atoms with van der Waals surface area (Å²) >= 11 is 0. The lowest BCUT2D eigenvalue weighted by molar-refractivity contribution is 1.69. The van der Waals surface area contributed by atoms with E-state index in [0.29, 0.717) is 5.57 Å². The van der Waals surface area contributed by atoms with Crippen LogP contribution in [0.2, 0.25) is 0 Å². The van der Waals surface area contributed by atoms with E-state index in [9.17, 15) is 0 Å². The van der Waals surface area contributed by atoms with Crippen LogP contribution in [0.15, 0.2) is 54.6 Å². The van der Waals surface area contributed by atoms with E-state index in [1.54, 1.807) is 0 Å². The molecule has 0 fully saturated rings. The molecule has 0 aliphatic heterocycles. The van der Waals surface area contributed by atoms with E-state index < -0.39 is 0 Å². The fourth-order valence-electron chi connectivity index (χ4n) is 2.80. The molecule has 0 atom stereocenters. The van der Waals surface area contributed by atoms with Gasteiger partial charge in [-0.15, -0.1) is 0 Å². The zero-order valence-electron chi connectivity index (χ0n) is 9.77. The Morgan fingerprint density at radius 1 is 0.722 bits per heavy atom. The van der Waals surface area contributed by atoms with Gasteiger partial charge in [0.05, 0.1) is 0 Å². The average molecular weight is 226 g/mol. The summed E-state index contributed by atoms with van der Waals surface area (Å²) < 4.78 is 0. The second kappa shape index (κ2) is 3.33. The summed E-state index contributed by atoms with van der Waals surface area (Å²) in [6, 6.07) is 16.9. The van der Waals surface area contributed by atoms with Gasteiger partial charge >= 0.3 is 0 Å². The highest BCUT2D eigenvalue weighted by atomic mass is 14.2. The highest BCUT2D eigenvalue weighted by Gasteiger charge is 2.14. The molecule has 0 N–H and O–H groups in total. The third kappa shape index (κ3) is 1.15. The monoisotopic (exact) mass is 226 g/mol. The molecule has 0 heteroatoms. The number of fused-ring (bicyclic) bond motifs is 5. The van der Waals surface area contributed by atoms with Crippen LogP contribution < -0.4 is 0 Å². The zero-order chi connectivity index (χ0) is 12.1. The number of hydrogen-bond donors (Lipinski definition) is 0. The van der Waals surface area contributed by atoms with E-state index >= 15 is 0 Å². The Hall–Kier alpha value is -2.34. The van der Waals surface area contributed by atoms with Gasteiger partial charge in [-0.1, -0.05) is 60.7 Å². The van der Waals surface area contributed by atoms with Crippen LogP contribution in [-0.4, -0.2) is 0 Å². The van der Waals surface area contributed by atoms with Crippen molar-refractivity contribution in [2.75, 3.05) is 0 Å². The summed E-state index contributed by atoms with van der Waals surface area (Å²) in [7, 11) is 0. The molecule has 18 heavy (non-hydrogen) atoms. The fraction of sp³-hybridized carbons (Fsp3) is 0. The second-order valence-corrected chi connectivity index (χ2v) is 4.66. The zero-order valence-corrected chi connectivity index (χ0v) is 9.77. The van der Waals surface area contributed by atoms with E-state index in [-0.39, 0.29) is 0 Å². The number of benzene rings is 3. The molecule has 0 nitrogen and oxygen atoms in total. The highest BCUT2D eigenvalue weighted by molar-refractivity contribution is 6.15. The van der Waals surface area contributed by atoms with Crippen LogP contribution in [0.3, 0.4) is 0 Å². The van der Waals surface area contributed by atoms with Gasteiger partial charge in [0.15, 0.2) is 0 Å². The van der Waals surface area contributed by atoms with Crippen LogP contribution in [0.25, 0.3) is 33.2 Å². The van der Waals surface area contributed by atoms with Crippen LogP contribution in [0, 0.1) is 6.58 Å². The first-order valence-corrected chi connectivity index (χ1v) is 6.06. The van der Waals surface area contributed by atoms with Gasteiger partial charge in [-0.25, -0.2) is 0 Å². The lowest BCUT2D eigenvalue weighted by Gasteiger charge is -2.09. The largest absolute Gasteiger partial charge is 0.0616 e. The van der Waals surface area contributed by atoms with Gasteiger partial charge in [0.1, 0.15) is 0 Å². The van der Waals surface area contributed by atoms with Gasteiger partial charge in [-0.2, -0.15) is 0 Å². The predicted molar refractivity (Wildman–Crippen MR) is 77.1 cm³/mol. The molecule has 0 saturated heterocycles. The minimum Gasteiger partial charge on any atom is -0.0616 e. The SMILES string of the molecule is [C]=C1C=Cc2ccc3ccc4ccccc4c3c21. The van der Waals surface area contributed by atoms with Crippen molar-refractivity contribution in [3.8, 4) is 0 Å². The molecular formula is C18H10. The first kappa shape index (κ1) is 9.67. The van der Waals surface area contributed by atoms with Crippen molar-refractivity contribution >= 4 is 33.2 Å². The Bertz CT molecular complexity index is 835. The highest BCUT2D eigenvalue weighted by Crippen LogP contribution is 2.37. The number of allylic oxidation sites excluding steroid dienone is 2. The van der Waals surface area contributed by atoms with Gasteiger partial charge in [-0.3, -0.25) is 0 Å². The Morgan fingerprint density at radius 3 is 2.44 bits per heavy atom. The standard InChI is InChI=1S/C18H10/c1-12-6-7-14-10-11-15-9-8-13-4-2-3-5-16(13)18(15)17(12)14/h2-11H. The van der Waals surface area contributed by atoms with E-state index in [1.807, 2.05) is 12.2 Å². The smallest absolute Gasteiger partial charge is 0.000695 e. The van der Waals surface area contributed by atoms with E-state index in [2.05, 4.69) is 48.5 Å². The Labute approximate surface area is 106 Å². The maximum atomic E-state index is 8.10. The van der Waals surface area contributed by atoms with Gasteiger partial charge in [0.2, 0.25) is 0 Å². The topological polar surface area (TPSA) is 0 Å². The molecule has 0 saturated carbocycles. The molecule has 0 amide bonds. The van der Waals surface area contributed by atoms with Crippen molar-refractivity contribution in [2.45, 2.75) is 0 Å². The van der Waals surface area contributed by atoms with Crippen molar-refractivity contribution in [1.82, 2.24) is 0 Å². The first-order valence-electron chi connectivity index (χ1n) is 6.06. The Balaban J connectivity index is 2.31. The molecule has 3 aromatic rings. The summed E-state index contributed by atoms with van der Waals surface area (Å²) in [6.07, 6.45) is 3.91. The maximum Gasteiger partial charge on any atom is -0.000695 e. The van der Waals surface area contributed by atoms with Crippen LogP contribution in [-0.2, 0) is 0 Å². The third-order valence-electron chi connectivity index (χ3n) is 3.64. The van der Waals surface area contributed by atoms with E-state index in [0.717, 1.165) is 11.1 Å². The fourth-order valence-corrected chi connectivity index (χ4v) is 2.80. The summed E-state index contributed by atoms with van der Waals surface area (Å²) in [4.78, 5) is 0. The second-order valence-electron chi connectivity index (χ2n) is 4.66. The molecule has 2 radical (unpaired) electrons. The summed E-state index contributed by atoms with van der Waals surface area (Å²) in [6.45, 7) is 8.10. The summed E-state index contributed by atoms with van der Waals surface area (Å²) in [5.41, 5.74) is 2.85. The van der Waals surface area contributed by atoms with E-state index in [1.165, 1.54) is 21.5 Å². The molecule has 3 aromatic carbocycles. The van der Waals surface area contributed by atoms with Crippen LogP contribution >= 0.6 is 0 Å². The van der Waals surface area contributed by atoms with Crippen molar-refractivity contribution in [1.29, 1.82) is 0 Å². The molecule has 1 aliphatic rings. The van der Waals surface area contributed by atoms with Crippen molar-refractivity contribution < 1.29 is 0 Å². The van der Waals surface area contributed by atoms with Crippen molar-refractivity contribution in [2.24, 2.45) is 0 Å². The van der Waals surface area contributed by atoms with Crippen LogP contribution in [0.4, 0.5) is 0 Å². The summed E-state index contributed by atoms with van der Waals surface area (Å²) in [5.74, 6) is 0. The summed E-state index contributed by atoms with van der Waals surface area (Å²) in [5, 5.41) is 4.89. The minimum absolute atomic E-state index is 0.618. The molecule has 1 aliphatic carbocycles. The first-order chi connectivity index (χ1) is 8.84. The minimum atomic E-state index is 0.618. The van der Waals surface area contributed by atoms with Crippen molar-refractivity contribution in [3.05, 3.63) is 72.3 Å². The predicted octanol–water partition coefficient (Wildman–Crippen LogP) is 4.71. The van der Waals surface area contributed by atoms with Gasteiger partial charge < -0.3 is 0 Å². The Kier molecular flexibility index (Phi) is 1.79. The number of rotatable bonds is 0.